The standard InChI is InChI=1S/C21H23F2N3O4/c1-10-15(12-5-6-13(22)16(23)17(12)29-4)18(30-21(10,2)3)20(28)26-11-7-8-25-14(9-11)19(24)27/h5-10,15,18H,1-4H3,(H2,24,27)(H,25,26,28)/t10-,15-,18+/m0/s1/i6D. The molecule has 1 fully saturated rings. The fourth-order valence-electron chi connectivity index (χ4n) is 3.66. The third kappa shape index (κ3) is 3.85. The minimum absolute atomic E-state index is 0.0310. The number of primary amides is 1. The van der Waals surface area contributed by atoms with Gasteiger partial charge in [-0.25, -0.2) is 4.39 Å². The third-order valence-corrected chi connectivity index (χ3v) is 5.50. The van der Waals surface area contributed by atoms with Crippen LogP contribution in [0, 0.1) is 17.6 Å². The molecule has 2 amide bonds. The number of nitrogens with zero attached hydrogens (tertiary/aromatic N) is 1. The average molecular weight is 420 g/mol. The highest BCUT2D eigenvalue weighted by Crippen LogP contribution is 2.49. The second-order valence-electron chi connectivity index (χ2n) is 7.64. The molecule has 2 aromatic rings. The summed E-state index contributed by atoms with van der Waals surface area (Å²) in [6.45, 7) is 5.38. The van der Waals surface area contributed by atoms with Crippen LogP contribution in [0.4, 0.5) is 14.5 Å². The van der Waals surface area contributed by atoms with Gasteiger partial charge in [-0.15, -0.1) is 0 Å². The molecule has 3 N–H and O–H groups in total. The van der Waals surface area contributed by atoms with Crippen LogP contribution in [0.2, 0.25) is 0 Å². The van der Waals surface area contributed by atoms with E-state index in [2.05, 4.69) is 10.3 Å². The minimum Gasteiger partial charge on any atom is -0.493 e. The van der Waals surface area contributed by atoms with Gasteiger partial charge in [0.2, 0.25) is 5.82 Å². The molecule has 0 unspecified atom stereocenters. The van der Waals surface area contributed by atoms with E-state index < -0.39 is 47.1 Å². The van der Waals surface area contributed by atoms with Crippen molar-refractivity contribution in [3.63, 3.8) is 0 Å². The second-order valence-corrected chi connectivity index (χ2v) is 7.64. The van der Waals surface area contributed by atoms with Crippen LogP contribution in [0.1, 0.15) is 44.1 Å². The Labute approximate surface area is 174 Å². The zero-order valence-electron chi connectivity index (χ0n) is 18.0. The minimum atomic E-state index is -1.33. The topological polar surface area (TPSA) is 104 Å². The molecule has 1 aromatic carbocycles. The number of carbonyl (C=O) groups excluding carboxylic acids is 2. The lowest BCUT2D eigenvalue weighted by molar-refractivity contribution is -0.131. The number of methoxy groups -OCH3 is 1. The Morgan fingerprint density at radius 2 is 2.07 bits per heavy atom. The quantitative estimate of drug-likeness (QED) is 0.774. The number of rotatable bonds is 5. The van der Waals surface area contributed by atoms with Gasteiger partial charge in [0.1, 0.15) is 11.8 Å². The van der Waals surface area contributed by atoms with Gasteiger partial charge >= 0.3 is 0 Å². The maximum absolute atomic E-state index is 14.5. The Morgan fingerprint density at radius 3 is 2.70 bits per heavy atom. The summed E-state index contributed by atoms with van der Waals surface area (Å²) in [5.74, 6) is -5.37. The molecule has 1 aliphatic heterocycles. The molecule has 160 valence electrons. The van der Waals surface area contributed by atoms with E-state index in [1.807, 2.05) is 6.92 Å². The van der Waals surface area contributed by atoms with Crippen molar-refractivity contribution in [3.05, 3.63) is 53.3 Å². The average Bonchev–Trinajstić information content (AvgIpc) is 2.95. The molecule has 1 aliphatic rings. The first kappa shape index (κ1) is 20.2. The second kappa shape index (κ2) is 7.98. The van der Waals surface area contributed by atoms with Crippen LogP contribution in [0.3, 0.4) is 0 Å². The zero-order chi connectivity index (χ0) is 23.1. The number of benzene rings is 1. The van der Waals surface area contributed by atoms with Crippen molar-refractivity contribution in [2.75, 3.05) is 12.4 Å². The SMILES string of the molecule is [2H]c1cc([C@H]2[C@H](C(=O)Nc3ccnc(C(N)=O)c3)OC(C)(C)[C@H]2C)c(OC)c(F)c1F. The lowest BCUT2D eigenvalue weighted by atomic mass is 9.78. The van der Waals surface area contributed by atoms with Gasteiger partial charge in [-0.2, -0.15) is 4.39 Å². The summed E-state index contributed by atoms with van der Waals surface area (Å²) in [7, 11) is 1.19. The monoisotopic (exact) mass is 420 g/mol. The Balaban J connectivity index is 2.02. The van der Waals surface area contributed by atoms with E-state index in [0.717, 1.165) is 6.07 Å². The van der Waals surface area contributed by atoms with Crippen molar-refractivity contribution in [2.45, 2.75) is 38.4 Å². The van der Waals surface area contributed by atoms with Crippen molar-refractivity contribution in [2.24, 2.45) is 11.7 Å². The molecule has 7 nitrogen and oxygen atoms in total. The predicted octanol–water partition coefficient (Wildman–Crippen LogP) is 3.00. The summed E-state index contributed by atoms with van der Waals surface area (Å²) in [6.07, 6.45) is 0.216. The van der Waals surface area contributed by atoms with Gasteiger partial charge < -0.3 is 20.5 Å². The first-order valence-electron chi connectivity index (χ1n) is 9.75. The smallest absolute Gasteiger partial charge is 0.267 e. The van der Waals surface area contributed by atoms with Gasteiger partial charge in [-0.3, -0.25) is 14.6 Å². The summed E-state index contributed by atoms with van der Waals surface area (Å²) >= 11 is 0. The van der Waals surface area contributed by atoms with E-state index in [1.165, 1.54) is 25.4 Å². The largest absolute Gasteiger partial charge is 0.493 e. The lowest BCUT2D eigenvalue weighted by Crippen LogP contribution is -2.33. The van der Waals surface area contributed by atoms with E-state index in [0.29, 0.717) is 0 Å². The van der Waals surface area contributed by atoms with E-state index in [9.17, 15) is 18.4 Å². The van der Waals surface area contributed by atoms with Gasteiger partial charge in [0.15, 0.2) is 11.6 Å². The molecule has 0 aliphatic carbocycles. The summed E-state index contributed by atoms with van der Waals surface area (Å²) < 4.78 is 47.3. The lowest BCUT2D eigenvalue weighted by Gasteiger charge is -2.25. The number of carbonyl (C=O) groups is 2. The third-order valence-electron chi connectivity index (χ3n) is 5.50. The maximum atomic E-state index is 14.5. The molecule has 1 saturated heterocycles. The van der Waals surface area contributed by atoms with E-state index >= 15 is 0 Å². The molecule has 30 heavy (non-hydrogen) atoms. The number of ether oxygens (including phenoxy) is 2. The van der Waals surface area contributed by atoms with Crippen LogP contribution in [0.15, 0.2) is 30.4 Å². The Kier molecular flexibility index (Phi) is 5.38. The van der Waals surface area contributed by atoms with Crippen LogP contribution >= 0.6 is 0 Å². The predicted molar refractivity (Wildman–Crippen MR) is 105 cm³/mol. The van der Waals surface area contributed by atoms with Crippen molar-refractivity contribution in [3.8, 4) is 5.75 Å². The number of halogens is 2. The maximum Gasteiger partial charge on any atom is 0.267 e. The van der Waals surface area contributed by atoms with Crippen LogP contribution in [-0.4, -0.2) is 35.6 Å². The molecular formula is C21H23F2N3O4. The van der Waals surface area contributed by atoms with Crippen LogP contribution in [0.25, 0.3) is 0 Å². The molecule has 1 aromatic heterocycles. The van der Waals surface area contributed by atoms with Crippen molar-refractivity contribution in [1.29, 1.82) is 0 Å². The molecular weight excluding hydrogens is 396 g/mol. The van der Waals surface area contributed by atoms with E-state index in [4.69, 9.17) is 16.6 Å². The first-order chi connectivity index (χ1) is 14.5. The Morgan fingerprint density at radius 1 is 1.37 bits per heavy atom. The fraction of sp³-hybridized carbons (Fsp3) is 0.381. The summed E-state index contributed by atoms with van der Waals surface area (Å²) in [5, 5.41) is 2.65. The molecule has 3 atom stereocenters. The highest BCUT2D eigenvalue weighted by Gasteiger charge is 2.51. The number of hydrogen-bond donors (Lipinski definition) is 2. The molecule has 0 spiro atoms. The summed E-state index contributed by atoms with van der Waals surface area (Å²) in [5.41, 5.74) is 4.84. The van der Waals surface area contributed by atoms with Crippen molar-refractivity contribution in [1.82, 2.24) is 4.98 Å². The van der Waals surface area contributed by atoms with E-state index in [1.54, 1.807) is 13.8 Å². The van der Waals surface area contributed by atoms with Gasteiger partial charge in [0.05, 0.1) is 14.1 Å². The van der Waals surface area contributed by atoms with Gasteiger partial charge in [0, 0.05) is 23.4 Å². The number of amides is 2. The zero-order valence-corrected chi connectivity index (χ0v) is 17.0. The summed E-state index contributed by atoms with van der Waals surface area (Å²) in [4.78, 5) is 28.3. The highest BCUT2D eigenvalue weighted by molar-refractivity contribution is 5.97. The summed E-state index contributed by atoms with van der Waals surface area (Å²) in [6, 6.07) is 3.30. The molecule has 2 heterocycles. The first-order valence-corrected chi connectivity index (χ1v) is 9.25. The number of nitrogens with one attached hydrogen (secondary N) is 1. The van der Waals surface area contributed by atoms with Gasteiger partial charge in [0.25, 0.3) is 11.8 Å². The van der Waals surface area contributed by atoms with Crippen LogP contribution in [0.5, 0.6) is 5.75 Å². The highest BCUT2D eigenvalue weighted by atomic mass is 19.2. The van der Waals surface area contributed by atoms with Crippen molar-refractivity contribution < 1.29 is 29.2 Å². The fourth-order valence-corrected chi connectivity index (χ4v) is 3.66. The number of anilines is 1. The number of nitrogens with two attached hydrogens (primary N) is 1. The normalized spacial score (nSPS) is 23.0. The molecule has 3 rings (SSSR count). The van der Waals surface area contributed by atoms with Crippen LogP contribution in [-0.2, 0) is 9.53 Å². The Hall–Kier alpha value is -3.07. The Bertz CT molecular complexity index is 1050. The number of aromatic nitrogens is 1. The van der Waals surface area contributed by atoms with Gasteiger partial charge in [-0.1, -0.05) is 13.0 Å². The molecule has 9 heteroatoms. The van der Waals surface area contributed by atoms with Crippen molar-refractivity contribution >= 4 is 17.5 Å². The molecule has 0 bridgehead atoms. The molecule has 0 radical (unpaired) electrons. The number of pyridine rings is 1. The van der Waals surface area contributed by atoms with Crippen LogP contribution < -0.4 is 15.8 Å². The number of hydrogen-bond acceptors (Lipinski definition) is 5. The van der Waals surface area contributed by atoms with E-state index in [-0.39, 0.29) is 28.6 Å². The molecule has 0 saturated carbocycles. The van der Waals surface area contributed by atoms with Gasteiger partial charge in [-0.05, 0) is 37.9 Å².